The van der Waals surface area contributed by atoms with Crippen molar-refractivity contribution in [1.29, 1.82) is 0 Å². The Morgan fingerprint density at radius 3 is 0.667 bits per heavy atom. The van der Waals surface area contributed by atoms with Crippen LogP contribution in [-0.2, 0) is 47.2 Å². The van der Waals surface area contributed by atoms with Crippen molar-refractivity contribution < 1.29 is 92.7 Å². The average molecular weight is 358 g/mol. The van der Waals surface area contributed by atoms with Crippen molar-refractivity contribution in [1.82, 2.24) is 0 Å². The summed E-state index contributed by atoms with van der Waals surface area (Å²) in [6, 6.07) is 0. The van der Waals surface area contributed by atoms with Crippen LogP contribution in [0.4, 0.5) is 0 Å². The van der Waals surface area contributed by atoms with E-state index in [1.54, 1.807) is 0 Å². The van der Waals surface area contributed by atoms with Gasteiger partial charge in [-0.1, -0.05) is 0 Å². The zero-order valence-electron chi connectivity index (χ0n) is 6.60. The molecule has 0 atom stereocenters. The van der Waals surface area contributed by atoms with E-state index in [1.165, 1.54) is 0 Å². The summed E-state index contributed by atoms with van der Waals surface area (Å²) in [5, 5.41) is 0. The van der Waals surface area contributed by atoms with Crippen LogP contribution < -0.4 is 0 Å². The van der Waals surface area contributed by atoms with Crippen molar-refractivity contribution >= 4 is 10.4 Å². The van der Waals surface area contributed by atoms with Crippen LogP contribution in [0, 0.1) is 0 Å². The number of hydrogen-bond donors (Lipinski definition) is 0. The van der Waals surface area contributed by atoms with E-state index in [9.17, 15) is 0 Å². The van der Waals surface area contributed by atoms with E-state index in [0.29, 0.717) is 0 Å². The van der Waals surface area contributed by atoms with Crippen molar-refractivity contribution in [3.63, 3.8) is 0 Å². The molecule has 15 heavy (non-hydrogen) atoms. The first-order chi connectivity index (χ1) is 3.00. The normalized spacial score (nSPS) is 4.27. The Morgan fingerprint density at radius 1 is 0.667 bits per heavy atom. The summed E-state index contributed by atoms with van der Waals surface area (Å²) < 4.78 is 41.9. The maximum atomic E-state index is 8.52. The van der Waals surface area contributed by atoms with Gasteiger partial charge in [-0.05, 0) is 0 Å². The molecule has 0 fully saturated rings. The Morgan fingerprint density at radius 2 is 0.667 bits per heavy atom. The summed E-state index contributed by atoms with van der Waals surface area (Å²) in [6.07, 6.45) is 0. The molecule has 0 radical (unpaired) electrons. The van der Waals surface area contributed by atoms with Crippen molar-refractivity contribution in [2.45, 2.75) is 0 Å². The minimum atomic E-state index is -5.17. The molecule has 0 aliphatic rings. The molecule has 14 N–H and O–H groups in total. The van der Waals surface area contributed by atoms with E-state index in [-0.39, 0.29) is 55.4 Å². The molecule has 0 rings (SSSR count). The van der Waals surface area contributed by atoms with Gasteiger partial charge in [-0.25, -0.2) is 0 Å². The van der Waals surface area contributed by atoms with Gasteiger partial charge in [0, 0.05) is 10.4 Å². The molecule has 111 valence electrons. The molecule has 0 aromatic heterocycles. The van der Waals surface area contributed by atoms with Gasteiger partial charge < -0.3 is 47.4 Å². The number of hydrogen-bond acceptors (Lipinski definition) is 5. The summed E-state index contributed by atoms with van der Waals surface area (Å²) in [7, 11) is -5.17. The molecule has 0 heterocycles. The maximum absolute atomic E-state index is 8.52. The van der Waals surface area contributed by atoms with Gasteiger partial charge >= 0.3 is 36.8 Å². The molecule has 0 bridgehead atoms. The average Bonchev–Trinajstić information content (AvgIpc) is 1.36. The van der Waals surface area contributed by atoms with Crippen molar-refractivity contribution in [2.75, 3.05) is 0 Å². The van der Waals surface area contributed by atoms with Crippen molar-refractivity contribution in [3.05, 3.63) is 0 Å². The third-order valence-electron chi connectivity index (χ3n) is 0. The Hall–Kier alpha value is 0.429. The van der Waals surface area contributed by atoms with Crippen LogP contribution in [0.3, 0.4) is 0 Å². The summed E-state index contributed by atoms with van der Waals surface area (Å²) in [5.41, 5.74) is 0. The second kappa shape index (κ2) is 63.0. The second-order valence-electron chi connectivity index (χ2n) is 0.408. The molecular weight excluding hydrogens is 343 g/mol. The fourth-order valence-corrected chi connectivity index (χ4v) is 0. The fraction of sp³-hybridized carbons (Fsp3) is 0. The topological polar surface area (TPSA) is 318 Å². The third-order valence-corrected chi connectivity index (χ3v) is 0. The van der Waals surface area contributed by atoms with Gasteiger partial charge in [0.1, 0.15) is 0 Å². The van der Waals surface area contributed by atoms with Gasteiger partial charge in [0.05, 0.1) is 0 Å². The second-order valence-corrected chi connectivity index (χ2v) is 1.22. The molecular formula is H14CuFeO12S. The predicted octanol–water partition coefficient (Wildman–Crippen LogP) is -7.23. The van der Waals surface area contributed by atoms with Crippen LogP contribution >= 0.6 is 0 Å². The van der Waals surface area contributed by atoms with Gasteiger partial charge in [-0.15, -0.1) is 0 Å². The summed E-state index contributed by atoms with van der Waals surface area (Å²) in [6.45, 7) is 0. The minimum absolute atomic E-state index is 0. The zero-order valence-corrected chi connectivity index (χ0v) is 9.47. The van der Waals surface area contributed by atoms with E-state index in [1.807, 2.05) is 0 Å². The van der Waals surface area contributed by atoms with Crippen LogP contribution in [0.5, 0.6) is 0 Å². The Labute approximate surface area is 103 Å². The molecule has 12 nitrogen and oxygen atoms in total. The standard InChI is InChI=1S/Cu.Fe.H2O4S.7H2O.O/c;;1-5(2,3)4;;;;;;;;/h;;(H2,1,2,3,4);7*1H2;/q;+2;;;;;;;;;/p-2. The van der Waals surface area contributed by atoms with Gasteiger partial charge in [0.2, 0.25) is 0 Å². The first-order valence-electron chi connectivity index (χ1n) is 0.790. The first kappa shape index (κ1) is 109. The molecule has 0 aliphatic carbocycles. The molecule has 0 aromatic rings. The van der Waals surface area contributed by atoms with Crippen LogP contribution in [0.2, 0.25) is 0 Å². The first-order valence-corrected chi connectivity index (χ1v) is 2.51. The molecule has 0 aromatic carbocycles. The van der Waals surface area contributed by atoms with Gasteiger partial charge in [0.25, 0.3) is 0 Å². The quantitative estimate of drug-likeness (QED) is 0.231. The fourth-order valence-electron chi connectivity index (χ4n) is 0. The molecule has 0 amide bonds. The Kier molecular flexibility index (Phi) is 457. The molecule has 0 saturated heterocycles. The van der Waals surface area contributed by atoms with Gasteiger partial charge in [0.15, 0.2) is 0 Å². The monoisotopic (exact) mass is 357 g/mol. The molecule has 0 unspecified atom stereocenters. The summed E-state index contributed by atoms with van der Waals surface area (Å²) >= 11 is 2.94. The predicted molar refractivity (Wildman–Crippen MR) is 36.5 cm³/mol. The molecule has 15 heteroatoms. The van der Waals surface area contributed by atoms with Crippen molar-refractivity contribution in [3.8, 4) is 0 Å². The van der Waals surface area contributed by atoms with Crippen LogP contribution in [0.25, 0.3) is 0 Å². The van der Waals surface area contributed by atoms with Crippen molar-refractivity contribution in [2.24, 2.45) is 0 Å². The zero-order chi connectivity index (χ0) is 6.50. The summed E-state index contributed by atoms with van der Waals surface area (Å²) in [4.78, 5) is 0. The van der Waals surface area contributed by atoms with E-state index >= 15 is 0 Å². The molecule has 0 saturated carbocycles. The van der Waals surface area contributed by atoms with Crippen LogP contribution in [0.15, 0.2) is 0 Å². The number of rotatable bonds is 0. The van der Waals surface area contributed by atoms with Crippen LogP contribution in [0.1, 0.15) is 0 Å². The van der Waals surface area contributed by atoms with Gasteiger partial charge in [-0.2, -0.15) is 0 Å². The van der Waals surface area contributed by atoms with Crippen LogP contribution in [-0.4, -0.2) is 55.9 Å². The van der Waals surface area contributed by atoms with Gasteiger partial charge in [-0.3, -0.25) is 8.42 Å². The molecule has 0 aliphatic heterocycles. The third kappa shape index (κ3) is 12100. The SMILES string of the molecule is O.O.O.O.O.O.O.O=S(=O)([O-])[O-].[Fe+2].[O]=[Cu]. The molecule has 0 spiro atoms. The van der Waals surface area contributed by atoms with E-state index in [0.717, 1.165) is 0 Å². The summed E-state index contributed by atoms with van der Waals surface area (Å²) in [5.74, 6) is 0. The van der Waals surface area contributed by atoms with E-state index in [2.05, 4.69) is 15.9 Å². The Bertz CT molecular complexity index is 110. The van der Waals surface area contributed by atoms with E-state index < -0.39 is 10.4 Å². The Balaban J connectivity index is -0.00000000298. The van der Waals surface area contributed by atoms with E-state index in [4.69, 9.17) is 21.4 Å².